The molecule has 0 fully saturated rings. The predicted octanol–water partition coefficient (Wildman–Crippen LogP) is 7.80. The van der Waals surface area contributed by atoms with Crippen molar-refractivity contribution in [3.63, 3.8) is 0 Å². The summed E-state index contributed by atoms with van der Waals surface area (Å²) in [5.41, 5.74) is -5.47. The number of hydrogen-bond acceptors (Lipinski definition) is 21. The van der Waals surface area contributed by atoms with Crippen LogP contribution in [-0.2, 0) is 86.6 Å². The Balaban J connectivity index is 0.000000967. The average molecular weight is 1200 g/mol. The van der Waals surface area contributed by atoms with Gasteiger partial charge in [0.25, 0.3) is 16.7 Å². The van der Waals surface area contributed by atoms with E-state index in [2.05, 4.69) is 15.2 Å². The van der Waals surface area contributed by atoms with Crippen LogP contribution in [0.15, 0.2) is 96.5 Å². The molecule has 6 atom stereocenters. The lowest BCUT2D eigenvalue weighted by Crippen LogP contribution is -2.31. The molecule has 3 N–H and O–H groups in total. The summed E-state index contributed by atoms with van der Waals surface area (Å²) in [7, 11) is -24.3. The van der Waals surface area contributed by atoms with Crippen molar-refractivity contribution in [2.45, 2.75) is 26.6 Å². The fraction of sp³-hybridized carbons (Fsp3) is 0.394. The van der Waals surface area contributed by atoms with Gasteiger partial charge in [-0.15, -0.1) is 6.58 Å². The number of aromatic nitrogens is 6. The van der Waals surface area contributed by atoms with Crippen LogP contribution in [0.5, 0.6) is 0 Å². The maximum Gasteiger partial charge on any atom is 0.513 e. The summed E-state index contributed by atoms with van der Waals surface area (Å²) in [6, 6.07) is 0. The van der Waals surface area contributed by atoms with Gasteiger partial charge < -0.3 is 0 Å². The Morgan fingerprint density at radius 1 is 0.472 bits per heavy atom. The Labute approximate surface area is 411 Å². The molecule has 3 aromatic heterocycles. The number of allylic oxidation sites excluding steroid dienone is 7. The molecule has 0 saturated heterocycles. The monoisotopic (exact) mass is 1200 g/mol. The molecule has 27 nitrogen and oxygen atoms in total. The van der Waals surface area contributed by atoms with Gasteiger partial charge >= 0.3 is 88.0 Å². The Morgan fingerprint density at radius 2 is 0.708 bits per heavy atom. The summed E-state index contributed by atoms with van der Waals surface area (Å²) < 4.78 is 171. The van der Waals surface area contributed by atoms with E-state index in [9.17, 15) is 83.0 Å². The third-order valence-electron chi connectivity index (χ3n) is 6.82. The van der Waals surface area contributed by atoms with Crippen LogP contribution in [0.1, 0.15) is 6.92 Å². The molecule has 0 amide bonds. The van der Waals surface area contributed by atoms with Crippen LogP contribution in [0, 0.1) is 17.5 Å². The number of H-pyrrole nitrogens is 3. The molecule has 3 heterocycles. The highest BCUT2D eigenvalue weighted by Gasteiger charge is 2.42. The summed E-state index contributed by atoms with van der Waals surface area (Å²) >= 11 is 0. The highest BCUT2D eigenvalue weighted by molar-refractivity contribution is 7.67. The highest BCUT2D eigenvalue weighted by atomic mass is 31.3. The summed E-state index contributed by atoms with van der Waals surface area (Å²) in [5.74, 6) is -3.20. The second-order valence-corrected chi connectivity index (χ2v) is 26.9. The fourth-order valence-electron chi connectivity index (χ4n) is 4.31. The maximum atomic E-state index is 13.1. The van der Waals surface area contributed by atoms with Gasteiger partial charge in [0.2, 0.25) is 17.5 Å². The Hall–Kier alpha value is -4.16. The minimum atomic E-state index is -3.86. The SMILES string of the molecule is C=CCP(=O)(O[P+](C)=O)O[P+](C)=O.CC=CCn1cc(F)c(=O)[nH]c1=O.C[P+](=O)OP(=O)(C/C=C/Cn1cc(F)c(=O)[nH]c1=O)O[P+](C)=O.C[P+](=O)OP(=O)(C/C=C\Cn1cc(F)c(=O)[nH]c1=O)O[P+](C)=O. The number of nitrogens with zero attached hydrogens (tertiary/aromatic N) is 3. The van der Waals surface area contributed by atoms with Crippen LogP contribution >= 0.6 is 71.0 Å². The third-order valence-corrected chi connectivity index (χ3v) is 20.3. The summed E-state index contributed by atoms with van der Waals surface area (Å²) in [4.78, 5) is 71.6. The average Bonchev–Trinajstić information content (AvgIpc) is 3.21. The maximum absolute atomic E-state index is 13.1. The number of nitrogens with one attached hydrogen (secondary N) is 3. The Morgan fingerprint density at radius 3 is 0.931 bits per heavy atom. The smallest absolute Gasteiger partial charge is 0.294 e. The van der Waals surface area contributed by atoms with Crippen molar-refractivity contribution < 1.29 is 80.1 Å². The normalized spacial score (nSPS) is 15.0. The fourth-order valence-corrected chi connectivity index (χ4v) is 16.6. The van der Waals surface area contributed by atoms with Crippen molar-refractivity contribution in [3.8, 4) is 0 Å². The van der Waals surface area contributed by atoms with E-state index < -0.39 is 122 Å². The molecule has 72 heavy (non-hydrogen) atoms. The van der Waals surface area contributed by atoms with E-state index in [0.29, 0.717) is 0 Å². The van der Waals surface area contributed by atoms with Crippen LogP contribution in [0.2, 0.25) is 0 Å². The zero-order valence-electron chi connectivity index (χ0n) is 38.8. The summed E-state index contributed by atoms with van der Waals surface area (Å²) in [6.45, 7) is 12.3. The zero-order chi connectivity index (χ0) is 55.6. The van der Waals surface area contributed by atoms with E-state index in [0.717, 1.165) is 32.3 Å². The quantitative estimate of drug-likeness (QED) is 0.0568. The van der Waals surface area contributed by atoms with Crippen molar-refractivity contribution in [2.24, 2.45) is 0 Å². The highest BCUT2D eigenvalue weighted by Crippen LogP contribution is 2.61. The molecule has 6 unspecified atom stereocenters. The first kappa shape index (κ1) is 67.8. The van der Waals surface area contributed by atoms with Gasteiger partial charge in [-0.05, 0) is 34.3 Å². The van der Waals surface area contributed by atoms with Crippen molar-refractivity contribution in [1.29, 1.82) is 0 Å². The van der Waals surface area contributed by atoms with E-state index >= 15 is 0 Å². The second-order valence-electron chi connectivity index (χ2n) is 13.0. The van der Waals surface area contributed by atoms with Crippen molar-refractivity contribution >= 4 is 71.0 Å². The molecule has 0 radical (unpaired) electrons. The lowest BCUT2D eigenvalue weighted by atomic mass is 10.5. The van der Waals surface area contributed by atoms with E-state index in [1.165, 1.54) is 70.4 Å². The number of halogens is 3. The molecule has 0 saturated carbocycles. The standard InChI is InChI=1S/2C10H13FN2O7P3.C8H9FN2O2.C5H11O5P3/c2*1-21(16)19-23(18,20-22(2)17)6-4-3-5-13-7-8(11)9(14)12-10(13)15;1-2-3-4-11-5-6(9)7(12)10-8(11)13;1-4-5-13(8,9-11(2)6)10-12(3)7/h2*3-4,7H,5-6H2,1-2H3;2-3,5H,4H2,1H3,(H,10,12,13);4H,1,5H2,2-3H3/q2*+1;;+2/p+2/b4-3+;4-3-;;. The lowest BCUT2D eigenvalue weighted by molar-refractivity contribution is 0.394. The van der Waals surface area contributed by atoms with Crippen LogP contribution < -0.4 is 33.7 Å². The first-order valence-electron chi connectivity index (χ1n) is 19.2. The molecular weight excluding hydrogens is 1150 g/mol. The van der Waals surface area contributed by atoms with E-state index in [1.807, 2.05) is 4.98 Å². The van der Waals surface area contributed by atoms with Crippen LogP contribution in [0.25, 0.3) is 0 Å². The molecule has 39 heteroatoms. The summed E-state index contributed by atoms with van der Waals surface area (Å²) in [5, 5.41) is 0. The van der Waals surface area contributed by atoms with Gasteiger partial charge in [0.1, 0.15) is 0 Å². The van der Waals surface area contributed by atoms with Crippen molar-refractivity contribution in [1.82, 2.24) is 28.7 Å². The topological polar surface area (TPSA) is 374 Å². The van der Waals surface area contributed by atoms with Gasteiger partial charge in [-0.25, -0.2) is 14.4 Å². The summed E-state index contributed by atoms with van der Waals surface area (Å²) in [6.07, 6.45) is 11.5. The molecular formula is C33H48F3N6O21P9+6. The molecule has 0 aliphatic heterocycles. The molecule has 0 spiro atoms. The number of aromatic amines is 3. The molecule has 0 aliphatic rings. The molecule has 396 valence electrons. The minimum absolute atomic E-state index is 0.100. The third kappa shape index (κ3) is 28.9. The lowest BCUT2D eigenvalue weighted by Gasteiger charge is -2.02. The second kappa shape index (κ2) is 33.6. The predicted molar refractivity (Wildman–Crippen MR) is 262 cm³/mol. The first-order valence-corrected chi connectivity index (χ1v) is 34.1. The van der Waals surface area contributed by atoms with Gasteiger partial charge in [-0.3, -0.25) is 56.7 Å². The van der Waals surface area contributed by atoms with E-state index in [4.69, 9.17) is 17.2 Å². The van der Waals surface area contributed by atoms with Crippen LogP contribution in [0.3, 0.4) is 0 Å². The molecule has 3 rings (SSSR count). The van der Waals surface area contributed by atoms with Gasteiger partial charge in [0.05, 0.1) is 37.1 Å². The van der Waals surface area contributed by atoms with Crippen LogP contribution in [0.4, 0.5) is 13.2 Å². The molecule has 0 aromatic carbocycles. The van der Waals surface area contributed by atoms with Gasteiger partial charge in [0.15, 0.2) is 40.0 Å². The first-order chi connectivity index (χ1) is 33.3. The largest absolute Gasteiger partial charge is 0.513 e. The van der Waals surface area contributed by atoms with Gasteiger partial charge in [-0.2, -0.15) is 13.2 Å². The van der Waals surface area contributed by atoms with Gasteiger partial charge in [-0.1, -0.05) is 68.4 Å². The Kier molecular flexibility index (Phi) is 31.7. The van der Waals surface area contributed by atoms with E-state index in [-0.39, 0.29) is 38.1 Å². The van der Waals surface area contributed by atoms with Crippen molar-refractivity contribution in [2.75, 3.05) is 58.5 Å². The molecule has 0 aliphatic carbocycles. The molecule has 0 bridgehead atoms. The number of hydrogen-bond donors (Lipinski definition) is 3. The van der Waals surface area contributed by atoms with Gasteiger partial charge in [0, 0.05) is 19.6 Å². The minimum Gasteiger partial charge on any atom is -0.294 e. The van der Waals surface area contributed by atoms with Crippen molar-refractivity contribution in [3.05, 3.63) is 148 Å². The Bertz CT molecular complexity index is 2900. The molecule has 3 aromatic rings. The number of rotatable bonds is 24. The van der Waals surface area contributed by atoms with Crippen LogP contribution in [-0.4, -0.2) is 87.1 Å². The van der Waals surface area contributed by atoms with E-state index in [1.54, 1.807) is 29.0 Å². The zero-order valence-corrected chi connectivity index (χ0v) is 46.8.